The second-order valence-corrected chi connectivity index (χ2v) is 8.62. The summed E-state index contributed by atoms with van der Waals surface area (Å²) < 4.78 is 0. The van der Waals surface area contributed by atoms with Crippen LogP contribution >= 0.6 is 0 Å². The summed E-state index contributed by atoms with van der Waals surface area (Å²) >= 11 is 0. The van der Waals surface area contributed by atoms with Crippen molar-refractivity contribution < 1.29 is 14.4 Å². The van der Waals surface area contributed by atoms with Crippen molar-refractivity contribution >= 4 is 17.7 Å². The highest BCUT2D eigenvalue weighted by Crippen LogP contribution is 2.38. The minimum atomic E-state index is -0.554. The second-order valence-electron chi connectivity index (χ2n) is 8.62. The third kappa shape index (κ3) is 2.84. The molecule has 5 rings (SSSR count). The van der Waals surface area contributed by atoms with E-state index in [1.54, 1.807) is 4.90 Å². The first kappa shape index (κ1) is 17.8. The van der Waals surface area contributed by atoms with Crippen LogP contribution in [0.25, 0.3) is 0 Å². The van der Waals surface area contributed by atoms with Gasteiger partial charge in [-0.05, 0) is 48.9 Å². The van der Waals surface area contributed by atoms with E-state index < -0.39 is 6.04 Å². The Bertz CT molecular complexity index is 842. The van der Waals surface area contributed by atoms with Crippen molar-refractivity contribution in [2.45, 2.75) is 56.8 Å². The summed E-state index contributed by atoms with van der Waals surface area (Å²) in [4.78, 5) is 38.1. The zero-order valence-corrected chi connectivity index (χ0v) is 15.9. The third-order valence-electron chi connectivity index (χ3n) is 7.03. The number of benzene rings is 1. The Morgan fingerprint density at radius 1 is 1.21 bits per heavy atom. The van der Waals surface area contributed by atoms with Gasteiger partial charge in [0.15, 0.2) is 0 Å². The van der Waals surface area contributed by atoms with Gasteiger partial charge in [-0.25, -0.2) is 0 Å². The first-order valence-electron chi connectivity index (χ1n) is 10.3. The maximum absolute atomic E-state index is 12.9. The molecule has 0 bridgehead atoms. The van der Waals surface area contributed by atoms with Gasteiger partial charge in [0.05, 0.1) is 0 Å². The fourth-order valence-corrected chi connectivity index (χ4v) is 5.43. The first-order valence-corrected chi connectivity index (χ1v) is 10.3. The van der Waals surface area contributed by atoms with E-state index in [2.05, 4.69) is 22.0 Å². The molecule has 0 radical (unpaired) electrons. The lowest BCUT2D eigenvalue weighted by Crippen LogP contribution is -2.52. The van der Waals surface area contributed by atoms with Crippen molar-refractivity contribution in [3.8, 4) is 0 Å². The molecule has 7 nitrogen and oxygen atoms in total. The van der Waals surface area contributed by atoms with Gasteiger partial charge in [-0.15, -0.1) is 0 Å². The summed E-state index contributed by atoms with van der Waals surface area (Å²) in [6.07, 6.45) is 4.45. The van der Waals surface area contributed by atoms with Crippen LogP contribution in [0.4, 0.5) is 0 Å². The summed E-state index contributed by atoms with van der Waals surface area (Å²) in [6, 6.07) is 5.50. The molecule has 28 heavy (non-hydrogen) atoms. The molecule has 3 aliphatic heterocycles. The van der Waals surface area contributed by atoms with Gasteiger partial charge >= 0.3 is 0 Å². The van der Waals surface area contributed by atoms with E-state index in [1.807, 2.05) is 12.1 Å². The predicted molar refractivity (Wildman–Crippen MR) is 102 cm³/mol. The number of hydrogen-bond donors (Lipinski definition) is 3. The number of fused-ring (bicyclic) bond motifs is 2. The van der Waals surface area contributed by atoms with Gasteiger partial charge in [-0.2, -0.15) is 0 Å². The van der Waals surface area contributed by atoms with Crippen LogP contribution in [0.5, 0.6) is 0 Å². The van der Waals surface area contributed by atoms with Gasteiger partial charge in [0.25, 0.3) is 5.91 Å². The lowest BCUT2D eigenvalue weighted by atomic mass is 9.90. The van der Waals surface area contributed by atoms with E-state index in [0.717, 1.165) is 30.8 Å². The number of piperidine rings is 1. The zero-order chi connectivity index (χ0) is 19.3. The lowest BCUT2D eigenvalue weighted by molar-refractivity contribution is -0.136. The average molecular weight is 382 g/mol. The number of carbonyl (C=O) groups is 3. The monoisotopic (exact) mass is 382 g/mol. The molecule has 3 N–H and O–H groups in total. The molecule has 1 aromatic rings. The van der Waals surface area contributed by atoms with Crippen molar-refractivity contribution in [1.29, 1.82) is 0 Å². The average Bonchev–Trinajstić information content (AvgIpc) is 3.33. The smallest absolute Gasteiger partial charge is 0.255 e. The number of imide groups is 1. The van der Waals surface area contributed by atoms with Crippen LogP contribution in [0.2, 0.25) is 0 Å². The minimum Gasteiger partial charge on any atom is -0.322 e. The van der Waals surface area contributed by atoms with E-state index in [4.69, 9.17) is 0 Å². The fraction of sp³-hybridized carbons (Fsp3) is 0.571. The van der Waals surface area contributed by atoms with E-state index in [9.17, 15) is 14.4 Å². The van der Waals surface area contributed by atoms with Crippen molar-refractivity contribution in [3.05, 3.63) is 34.9 Å². The van der Waals surface area contributed by atoms with Crippen LogP contribution in [-0.4, -0.2) is 47.3 Å². The quantitative estimate of drug-likeness (QED) is 0.667. The molecule has 3 fully saturated rings. The molecular weight excluding hydrogens is 356 g/mol. The molecular formula is C21H26N4O3. The van der Waals surface area contributed by atoms with Crippen molar-refractivity contribution in [3.63, 3.8) is 0 Å². The molecule has 0 aromatic heterocycles. The molecule has 1 unspecified atom stereocenters. The van der Waals surface area contributed by atoms with E-state index in [1.165, 1.54) is 19.3 Å². The van der Waals surface area contributed by atoms with Crippen LogP contribution in [0.3, 0.4) is 0 Å². The molecule has 3 atom stereocenters. The Balaban J connectivity index is 1.30. The minimum absolute atomic E-state index is 0.106. The van der Waals surface area contributed by atoms with Gasteiger partial charge in [0.2, 0.25) is 11.8 Å². The topological polar surface area (TPSA) is 90.5 Å². The van der Waals surface area contributed by atoms with E-state index >= 15 is 0 Å². The number of nitrogens with zero attached hydrogens (tertiary/aromatic N) is 1. The molecule has 7 heteroatoms. The van der Waals surface area contributed by atoms with Gasteiger partial charge in [-0.3, -0.25) is 19.7 Å². The Labute approximate surface area is 164 Å². The summed E-state index contributed by atoms with van der Waals surface area (Å²) in [5.41, 5.74) is 2.94. The summed E-state index contributed by atoms with van der Waals surface area (Å²) in [7, 11) is 0. The van der Waals surface area contributed by atoms with Crippen LogP contribution in [0, 0.1) is 5.92 Å². The molecule has 1 aromatic carbocycles. The number of nitrogens with one attached hydrogen (secondary N) is 3. The molecule has 3 heterocycles. The van der Waals surface area contributed by atoms with Gasteiger partial charge < -0.3 is 15.5 Å². The standard InChI is InChI=1S/C21H26N4O3/c26-18-6-5-17(19(27)24-18)25-11-14-4-3-13(8-16(14)20(25)28)9-23-21-7-1-2-15(21)10-22-12-21/h3-4,8,15,17,22-23H,1-2,5-7,9-12H2,(H,24,26,27)/t15-,17?,21-/m0/s1. The number of rotatable bonds is 4. The van der Waals surface area contributed by atoms with Crippen molar-refractivity contribution in [1.82, 2.24) is 20.9 Å². The molecule has 1 aliphatic carbocycles. The third-order valence-corrected chi connectivity index (χ3v) is 7.03. The molecule has 0 spiro atoms. The second kappa shape index (κ2) is 6.67. The molecule has 148 valence electrons. The van der Waals surface area contributed by atoms with Crippen molar-refractivity contribution in [2.75, 3.05) is 13.1 Å². The van der Waals surface area contributed by atoms with E-state index in [-0.39, 0.29) is 29.7 Å². The number of carbonyl (C=O) groups excluding carboxylic acids is 3. The predicted octanol–water partition coefficient (Wildman–Crippen LogP) is 0.679. The molecule has 1 saturated carbocycles. The number of hydrogen-bond acceptors (Lipinski definition) is 5. The van der Waals surface area contributed by atoms with Gasteiger partial charge in [0, 0.05) is 37.2 Å². The van der Waals surface area contributed by atoms with Gasteiger partial charge in [-0.1, -0.05) is 18.6 Å². The Morgan fingerprint density at radius 2 is 2.11 bits per heavy atom. The first-order chi connectivity index (χ1) is 13.6. The highest BCUT2D eigenvalue weighted by molar-refractivity contribution is 6.05. The SMILES string of the molecule is O=C1CCC(N2Cc3ccc(CN[C@]45CCC[C@H]4CNC5)cc3C2=O)C(=O)N1. The maximum Gasteiger partial charge on any atom is 0.255 e. The Morgan fingerprint density at radius 3 is 2.96 bits per heavy atom. The van der Waals surface area contributed by atoms with Crippen LogP contribution in [0.15, 0.2) is 18.2 Å². The maximum atomic E-state index is 12.9. The van der Waals surface area contributed by atoms with Gasteiger partial charge in [0.1, 0.15) is 6.04 Å². The zero-order valence-electron chi connectivity index (χ0n) is 15.9. The summed E-state index contributed by atoms with van der Waals surface area (Å²) in [6.45, 7) is 3.29. The Hall–Kier alpha value is -2.25. The van der Waals surface area contributed by atoms with Crippen LogP contribution < -0.4 is 16.0 Å². The van der Waals surface area contributed by atoms with Crippen molar-refractivity contribution in [2.24, 2.45) is 5.92 Å². The fourth-order valence-electron chi connectivity index (χ4n) is 5.43. The normalized spacial score (nSPS) is 31.9. The largest absolute Gasteiger partial charge is 0.322 e. The van der Waals surface area contributed by atoms with Crippen LogP contribution in [-0.2, 0) is 22.7 Å². The van der Waals surface area contributed by atoms with Crippen LogP contribution in [0.1, 0.15) is 53.6 Å². The van der Waals surface area contributed by atoms with E-state index in [0.29, 0.717) is 24.4 Å². The molecule has 2 saturated heterocycles. The number of amides is 3. The summed E-state index contributed by atoms with van der Waals surface area (Å²) in [5, 5.41) is 9.64. The lowest BCUT2D eigenvalue weighted by Gasteiger charge is -2.30. The summed E-state index contributed by atoms with van der Waals surface area (Å²) in [5.74, 6) is -0.0264. The highest BCUT2D eigenvalue weighted by Gasteiger charge is 2.45. The highest BCUT2D eigenvalue weighted by atomic mass is 16.2. The Kier molecular flexibility index (Phi) is 4.25. The molecule has 4 aliphatic rings. The molecule has 3 amide bonds.